The quantitative estimate of drug-likeness (QED) is 0.366. The Kier molecular flexibility index (Phi) is 7.80. The Morgan fingerprint density at radius 3 is 2.41 bits per heavy atom. The Balaban J connectivity index is 1.09. The van der Waals surface area contributed by atoms with Crippen molar-refractivity contribution in [3.8, 4) is 0 Å². The molecule has 4 heterocycles. The molecule has 6 nitrogen and oxygen atoms in total. The Labute approximate surface area is 229 Å². The summed E-state index contributed by atoms with van der Waals surface area (Å²) in [5.41, 5.74) is 2.56. The van der Waals surface area contributed by atoms with Gasteiger partial charge in [-0.1, -0.05) is 18.2 Å². The van der Waals surface area contributed by atoms with Crippen LogP contribution < -0.4 is 0 Å². The predicted octanol–water partition coefficient (Wildman–Crippen LogP) is 5.72. The first-order valence-corrected chi connectivity index (χ1v) is 14.6. The summed E-state index contributed by atoms with van der Waals surface area (Å²) in [7, 11) is 0. The molecule has 0 radical (unpaired) electrons. The van der Waals surface area contributed by atoms with Gasteiger partial charge >= 0.3 is 0 Å². The molecule has 6 rings (SSSR count). The summed E-state index contributed by atoms with van der Waals surface area (Å²) >= 11 is 0. The second-order valence-electron chi connectivity index (χ2n) is 11.4. The maximum absolute atomic E-state index is 14.0. The fraction of sp³-hybridized carbons (Fsp3) is 0.500. The molecule has 3 aromatic rings. The van der Waals surface area contributed by atoms with E-state index in [2.05, 4.69) is 38.6 Å². The number of para-hydroxylation sites is 1. The molecule has 1 amide bonds. The van der Waals surface area contributed by atoms with Crippen LogP contribution in [0.2, 0.25) is 0 Å². The lowest BCUT2D eigenvalue weighted by Crippen LogP contribution is -2.41. The van der Waals surface area contributed by atoms with Gasteiger partial charge in [0.2, 0.25) is 0 Å². The first kappa shape index (κ1) is 26.2. The number of rotatable bonds is 7. The van der Waals surface area contributed by atoms with Gasteiger partial charge in [-0.2, -0.15) is 0 Å². The average molecular weight is 532 g/mol. The number of halogens is 1. The third-order valence-electron chi connectivity index (χ3n) is 9.03. The number of nitrogens with zero attached hydrogens (tertiary/aromatic N) is 3. The van der Waals surface area contributed by atoms with Crippen LogP contribution in [0.25, 0.3) is 10.9 Å². The predicted molar refractivity (Wildman–Crippen MR) is 150 cm³/mol. The van der Waals surface area contributed by atoms with Gasteiger partial charge in [0.25, 0.3) is 5.91 Å². The molecule has 7 heteroatoms. The number of Topliss-reactive ketones (excluding diaryl/α,β-unsaturated/α-hetero) is 1. The van der Waals surface area contributed by atoms with Crippen molar-refractivity contribution in [1.29, 1.82) is 0 Å². The Hall–Kier alpha value is -3.03. The number of hydrogen-bond acceptors (Lipinski definition) is 4. The minimum absolute atomic E-state index is 0.00312. The largest absolute Gasteiger partial charge is 0.381 e. The standard InChI is InChI=1S/C32H38FN3O3/c33-26-9-7-23(8-10-26)31(37)24-11-17-34(18-12-24)19-13-27-5-3-16-35(27)32(38)30-22-25-4-1-2-6-29(25)36(30)28-14-20-39-21-15-28/h1-2,4,6-10,22,24,27-28H,3,5,11-21H2/t27-/m0/s1. The van der Waals surface area contributed by atoms with Gasteiger partial charge in [-0.3, -0.25) is 9.59 Å². The van der Waals surface area contributed by atoms with Gasteiger partial charge in [0.05, 0.1) is 0 Å². The summed E-state index contributed by atoms with van der Waals surface area (Å²) < 4.78 is 21.1. The third kappa shape index (κ3) is 5.52. The van der Waals surface area contributed by atoms with Crippen molar-refractivity contribution in [1.82, 2.24) is 14.4 Å². The molecule has 3 saturated heterocycles. The van der Waals surface area contributed by atoms with Crippen molar-refractivity contribution in [2.45, 2.75) is 57.0 Å². The number of ketones is 1. The van der Waals surface area contributed by atoms with E-state index in [1.165, 1.54) is 12.1 Å². The highest BCUT2D eigenvalue weighted by Gasteiger charge is 2.34. The zero-order chi connectivity index (χ0) is 26.8. The molecule has 0 unspecified atom stereocenters. The lowest BCUT2D eigenvalue weighted by molar-refractivity contribution is 0.0627. The molecule has 0 N–H and O–H groups in total. The van der Waals surface area contributed by atoms with Gasteiger partial charge in [0.1, 0.15) is 11.5 Å². The van der Waals surface area contributed by atoms with E-state index in [9.17, 15) is 14.0 Å². The second-order valence-corrected chi connectivity index (χ2v) is 11.4. The number of likely N-dealkylation sites (tertiary alicyclic amines) is 2. The van der Waals surface area contributed by atoms with Crippen LogP contribution in [-0.2, 0) is 4.74 Å². The van der Waals surface area contributed by atoms with Crippen LogP contribution >= 0.6 is 0 Å². The number of carbonyl (C=O) groups excluding carboxylic acids is 2. The number of fused-ring (bicyclic) bond motifs is 1. The van der Waals surface area contributed by atoms with Crippen molar-refractivity contribution in [2.75, 3.05) is 39.4 Å². The fourth-order valence-corrected chi connectivity index (χ4v) is 6.83. The van der Waals surface area contributed by atoms with Crippen molar-refractivity contribution in [2.24, 2.45) is 5.92 Å². The van der Waals surface area contributed by atoms with E-state index in [0.29, 0.717) is 5.56 Å². The summed E-state index contributed by atoms with van der Waals surface area (Å²) in [5, 5.41) is 1.13. The summed E-state index contributed by atoms with van der Waals surface area (Å²) in [6.45, 7) is 5.00. The highest BCUT2D eigenvalue weighted by molar-refractivity contribution is 5.99. The van der Waals surface area contributed by atoms with Crippen LogP contribution in [0.1, 0.15) is 71.8 Å². The molecule has 0 aliphatic carbocycles. The lowest BCUT2D eigenvalue weighted by atomic mass is 9.88. The van der Waals surface area contributed by atoms with E-state index in [4.69, 9.17) is 4.74 Å². The highest BCUT2D eigenvalue weighted by Crippen LogP contribution is 2.32. The number of carbonyl (C=O) groups is 2. The summed E-state index contributed by atoms with van der Waals surface area (Å²) in [4.78, 5) is 31.4. The van der Waals surface area contributed by atoms with Crippen LogP contribution in [0.4, 0.5) is 4.39 Å². The fourth-order valence-electron chi connectivity index (χ4n) is 6.83. The molecule has 2 aromatic carbocycles. The van der Waals surface area contributed by atoms with Crippen LogP contribution in [0.15, 0.2) is 54.6 Å². The SMILES string of the molecule is O=C(c1ccc(F)cc1)C1CCN(CC[C@@H]2CCCN2C(=O)c2cc3ccccc3n2C2CCOCC2)CC1. The molecular formula is C32H38FN3O3. The van der Waals surface area contributed by atoms with Gasteiger partial charge in [-0.05, 0) is 94.4 Å². The number of ether oxygens (including phenoxy) is 1. The number of aromatic nitrogens is 1. The van der Waals surface area contributed by atoms with Crippen molar-refractivity contribution >= 4 is 22.6 Å². The Bertz CT molecular complexity index is 1310. The maximum Gasteiger partial charge on any atom is 0.270 e. The molecule has 1 aromatic heterocycles. The highest BCUT2D eigenvalue weighted by atomic mass is 19.1. The van der Waals surface area contributed by atoms with Gasteiger partial charge in [0.15, 0.2) is 5.78 Å². The first-order chi connectivity index (χ1) is 19.1. The number of hydrogen-bond donors (Lipinski definition) is 0. The topological polar surface area (TPSA) is 54.8 Å². The first-order valence-electron chi connectivity index (χ1n) is 14.6. The summed E-state index contributed by atoms with van der Waals surface area (Å²) in [6.07, 6.45) is 6.57. The molecule has 1 atom stereocenters. The molecule has 3 fully saturated rings. The number of benzene rings is 2. The maximum atomic E-state index is 14.0. The average Bonchev–Trinajstić information content (AvgIpc) is 3.61. The van der Waals surface area contributed by atoms with Gasteiger partial charge in [-0.25, -0.2) is 4.39 Å². The Morgan fingerprint density at radius 2 is 1.64 bits per heavy atom. The smallest absolute Gasteiger partial charge is 0.270 e. The van der Waals surface area contributed by atoms with Crippen LogP contribution in [0, 0.1) is 11.7 Å². The van der Waals surface area contributed by atoms with E-state index in [1.54, 1.807) is 12.1 Å². The molecule has 0 spiro atoms. The van der Waals surface area contributed by atoms with Crippen molar-refractivity contribution < 1.29 is 18.7 Å². The van der Waals surface area contributed by atoms with E-state index in [1.807, 2.05) is 6.07 Å². The normalized spacial score (nSPS) is 21.6. The third-order valence-corrected chi connectivity index (χ3v) is 9.03. The Morgan fingerprint density at radius 1 is 0.897 bits per heavy atom. The summed E-state index contributed by atoms with van der Waals surface area (Å²) in [6, 6.07) is 16.9. The number of piperidine rings is 1. The zero-order valence-electron chi connectivity index (χ0n) is 22.6. The number of amides is 1. The van der Waals surface area contributed by atoms with Crippen molar-refractivity contribution in [3.63, 3.8) is 0 Å². The molecular weight excluding hydrogens is 493 g/mol. The van der Waals surface area contributed by atoms with E-state index >= 15 is 0 Å². The minimum atomic E-state index is -0.314. The monoisotopic (exact) mass is 531 g/mol. The van der Waals surface area contributed by atoms with E-state index in [-0.39, 0.29) is 35.5 Å². The van der Waals surface area contributed by atoms with Gasteiger partial charge < -0.3 is 19.1 Å². The lowest BCUT2D eigenvalue weighted by Gasteiger charge is -2.33. The van der Waals surface area contributed by atoms with E-state index < -0.39 is 0 Å². The van der Waals surface area contributed by atoms with Crippen LogP contribution in [-0.4, -0.2) is 71.5 Å². The molecule has 0 bridgehead atoms. The molecule has 0 saturated carbocycles. The van der Waals surface area contributed by atoms with Gasteiger partial charge in [-0.15, -0.1) is 0 Å². The second kappa shape index (κ2) is 11.6. The van der Waals surface area contributed by atoms with Gasteiger partial charge in [0, 0.05) is 60.8 Å². The molecule has 3 aliphatic heterocycles. The summed E-state index contributed by atoms with van der Waals surface area (Å²) in [5.74, 6) is -0.0276. The van der Waals surface area contributed by atoms with Crippen LogP contribution in [0.5, 0.6) is 0 Å². The van der Waals surface area contributed by atoms with Crippen molar-refractivity contribution in [3.05, 3.63) is 71.7 Å². The van der Waals surface area contributed by atoms with E-state index in [0.717, 1.165) is 101 Å². The molecule has 3 aliphatic rings. The van der Waals surface area contributed by atoms with Crippen LogP contribution in [0.3, 0.4) is 0 Å². The molecule has 39 heavy (non-hydrogen) atoms. The molecule has 206 valence electrons. The minimum Gasteiger partial charge on any atom is -0.381 e. The zero-order valence-corrected chi connectivity index (χ0v) is 22.6.